The molecule has 1 atom stereocenters. The number of nitrogens with zero attached hydrogens (tertiary/aromatic N) is 2. The van der Waals surface area contributed by atoms with Crippen LogP contribution in [0.5, 0.6) is 0 Å². The molecule has 2 aromatic heterocycles. The summed E-state index contributed by atoms with van der Waals surface area (Å²) in [6.45, 7) is 4.32. The number of urea groups is 1. The van der Waals surface area contributed by atoms with E-state index in [1.807, 2.05) is 19.2 Å². The number of carbonyl (C=O) groups excluding carboxylic acids is 1. The van der Waals surface area contributed by atoms with Crippen LogP contribution in [-0.2, 0) is 0 Å². The molecule has 2 aromatic rings. The van der Waals surface area contributed by atoms with Crippen LogP contribution in [0.15, 0.2) is 23.7 Å². The van der Waals surface area contributed by atoms with Gasteiger partial charge in [0.2, 0.25) is 0 Å². The number of rotatable bonds is 4. The van der Waals surface area contributed by atoms with Gasteiger partial charge in [-0.15, -0.1) is 11.3 Å². The number of hydrogen-bond acceptors (Lipinski definition) is 4. The maximum atomic E-state index is 13.3. The minimum Gasteiger partial charge on any atom is -0.337 e. The molecule has 0 bridgehead atoms. The van der Waals surface area contributed by atoms with Gasteiger partial charge in [0.1, 0.15) is 0 Å². The van der Waals surface area contributed by atoms with Gasteiger partial charge < -0.3 is 5.32 Å². The first kappa shape index (κ1) is 14.4. The quantitative estimate of drug-likeness (QED) is 0.911. The largest absolute Gasteiger partial charge is 0.337 e. The van der Waals surface area contributed by atoms with E-state index in [1.165, 1.54) is 18.3 Å². The lowest BCUT2D eigenvalue weighted by atomic mass is 10.2. The Morgan fingerprint density at radius 1 is 1.55 bits per heavy atom. The number of carbonyl (C=O) groups is 1. The van der Waals surface area contributed by atoms with E-state index >= 15 is 0 Å². The normalized spacial score (nSPS) is 11.9. The molecule has 0 aromatic carbocycles. The van der Waals surface area contributed by atoms with E-state index < -0.39 is 11.8 Å². The van der Waals surface area contributed by atoms with Crippen molar-refractivity contribution in [2.45, 2.75) is 19.8 Å². The molecule has 0 aliphatic heterocycles. The Bertz CT molecular complexity index is 602. The van der Waals surface area contributed by atoms with Crippen molar-refractivity contribution in [1.29, 1.82) is 0 Å². The molecule has 0 spiro atoms. The molecule has 0 aliphatic rings. The number of aryl methyl sites for hydroxylation is 1. The first-order valence-corrected chi connectivity index (χ1v) is 7.01. The molecule has 0 saturated carbocycles. The van der Waals surface area contributed by atoms with E-state index in [1.54, 1.807) is 11.3 Å². The average molecular weight is 294 g/mol. The Balaban J connectivity index is 1.85. The molecule has 0 fully saturated rings. The second kappa shape index (κ2) is 6.42. The number of anilines is 1. The van der Waals surface area contributed by atoms with Gasteiger partial charge in [0.05, 0.1) is 5.01 Å². The molecule has 0 radical (unpaired) electrons. The smallest absolute Gasteiger partial charge is 0.320 e. The van der Waals surface area contributed by atoms with Gasteiger partial charge in [-0.2, -0.15) is 0 Å². The Labute approximate surface area is 120 Å². The number of amides is 2. The third-order valence-corrected chi connectivity index (χ3v) is 3.81. The average Bonchev–Trinajstić information content (AvgIpc) is 2.85. The molecule has 0 unspecified atom stereocenters. The maximum Gasteiger partial charge on any atom is 0.320 e. The van der Waals surface area contributed by atoms with Gasteiger partial charge in [-0.3, -0.25) is 5.32 Å². The summed E-state index contributed by atoms with van der Waals surface area (Å²) < 4.78 is 13.3. The predicted molar refractivity (Wildman–Crippen MR) is 76.5 cm³/mol. The number of nitrogens with one attached hydrogen (secondary N) is 2. The van der Waals surface area contributed by atoms with Gasteiger partial charge in [-0.25, -0.2) is 19.2 Å². The summed E-state index contributed by atoms with van der Waals surface area (Å²) in [4.78, 5) is 19.8. The lowest BCUT2D eigenvalue weighted by Gasteiger charge is -2.11. The van der Waals surface area contributed by atoms with Crippen LogP contribution in [0.1, 0.15) is 23.5 Å². The summed E-state index contributed by atoms with van der Waals surface area (Å²) in [5, 5.41) is 7.98. The molecule has 7 heteroatoms. The highest BCUT2D eigenvalue weighted by molar-refractivity contribution is 7.09. The van der Waals surface area contributed by atoms with Gasteiger partial charge in [-0.05, 0) is 19.1 Å². The second-order valence-corrected chi connectivity index (χ2v) is 5.29. The molecule has 20 heavy (non-hydrogen) atoms. The Morgan fingerprint density at radius 3 is 3.00 bits per heavy atom. The fourth-order valence-corrected chi connectivity index (χ4v) is 2.42. The Kier molecular flexibility index (Phi) is 4.62. The van der Waals surface area contributed by atoms with Crippen LogP contribution in [0.4, 0.5) is 15.0 Å². The van der Waals surface area contributed by atoms with Crippen molar-refractivity contribution < 1.29 is 9.18 Å². The van der Waals surface area contributed by atoms with Crippen LogP contribution >= 0.6 is 11.3 Å². The molecule has 0 aliphatic carbocycles. The van der Waals surface area contributed by atoms with Gasteiger partial charge in [0, 0.05) is 29.7 Å². The molecule has 5 nitrogen and oxygen atoms in total. The summed E-state index contributed by atoms with van der Waals surface area (Å²) in [5.41, 5.74) is 0.969. The highest BCUT2D eigenvalue weighted by Gasteiger charge is 2.12. The Hall–Kier alpha value is -2.02. The third kappa shape index (κ3) is 3.74. The molecular weight excluding hydrogens is 279 g/mol. The van der Waals surface area contributed by atoms with E-state index in [0.29, 0.717) is 6.54 Å². The highest BCUT2D eigenvalue weighted by atomic mass is 32.1. The van der Waals surface area contributed by atoms with Crippen LogP contribution in [0.3, 0.4) is 0 Å². The molecular formula is C13H15FN4OS. The van der Waals surface area contributed by atoms with Crippen molar-refractivity contribution in [2.75, 3.05) is 11.9 Å². The van der Waals surface area contributed by atoms with Gasteiger partial charge in [-0.1, -0.05) is 6.92 Å². The summed E-state index contributed by atoms with van der Waals surface area (Å²) in [6.07, 6.45) is 1.42. The van der Waals surface area contributed by atoms with E-state index in [2.05, 4.69) is 20.6 Å². The van der Waals surface area contributed by atoms with Crippen molar-refractivity contribution in [3.63, 3.8) is 0 Å². The minimum atomic E-state index is -0.564. The van der Waals surface area contributed by atoms with E-state index in [4.69, 9.17) is 0 Å². The zero-order valence-electron chi connectivity index (χ0n) is 11.2. The fraction of sp³-hybridized carbons (Fsp3) is 0.308. The van der Waals surface area contributed by atoms with Crippen molar-refractivity contribution in [3.8, 4) is 0 Å². The highest BCUT2D eigenvalue weighted by Crippen LogP contribution is 2.18. The SMILES string of the molecule is Cc1csc([C@@H](C)CNC(=O)Nc2ncccc2F)n1. The van der Waals surface area contributed by atoms with E-state index in [9.17, 15) is 9.18 Å². The molecule has 2 rings (SSSR count). The summed E-state index contributed by atoms with van der Waals surface area (Å²) in [7, 11) is 0. The van der Waals surface area contributed by atoms with Gasteiger partial charge >= 0.3 is 6.03 Å². The fourth-order valence-electron chi connectivity index (χ4n) is 1.56. The van der Waals surface area contributed by atoms with Gasteiger partial charge in [0.15, 0.2) is 11.6 Å². The van der Waals surface area contributed by atoms with E-state index in [0.717, 1.165) is 10.7 Å². The number of thiazole rings is 1. The minimum absolute atomic E-state index is 0.0808. The first-order valence-electron chi connectivity index (χ1n) is 6.13. The molecule has 2 heterocycles. The molecule has 2 amide bonds. The van der Waals surface area contributed by atoms with Crippen molar-refractivity contribution >= 4 is 23.2 Å². The molecule has 106 valence electrons. The lowest BCUT2D eigenvalue weighted by molar-refractivity contribution is 0.251. The number of aromatic nitrogens is 2. The van der Waals surface area contributed by atoms with Crippen LogP contribution in [0.25, 0.3) is 0 Å². The Morgan fingerprint density at radius 2 is 2.35 bits per heavy atom. The topological polar surface area (TPSA) is 66.9 Å². The third-order valence-electron chi connectivity index (χ3n) is 2.62. The zero-order valence-corrected chi connectivity index (χ0v) is 12.0. The number of pyridine rings is 1. The maximum absolute atomic E-state index is 13.3. The summed E-state index contributed by atoms with van der Waals surface area (Å²) in [6, 6.07) is 2.22. The second-order valence-electron chi connectivity index (χ2n) is 4.40. The van der Waals surface area contributed by atoms with Crippen molar-refractivity contribution in [2.24, 2.45) is 0 Å². The van der Waals surface area contributed by atoms with Crippen LogP contribution in [-0.4, -0.2) is 22.5 Å². The van der Waals surface area contributed by atoms with Crippen LogP contribution in [0.2, 0.25) is 0 Å². The van der Waals surface area contributed by atoms with Crippen molar-refractivity contribution in [1.82, 2.24) is 15.3 Å². The first-order chi connectivity index (χ1) is 9.56. The lowest BCUT2D eigenvalue weighted by Crippen LogP contribution is -2.32. The molecule has 0 saturated heterocycles. The van der Waals surface area contributed by atoms with Crippen LogP contribution in [0, 0.1) is 12.7 Å². The standard InChI is InChI=1S/C13H15FN4OS/c1-8(12-17-9(2)7-20-12)6-16-13(19)18-11-10(14)4-3-5-15-11/h3-5,7-8H,6H2,1-2H3,(H2,15,16,18,19)/t8-/m0/s1. The molecule has 2 N–H and O–H groups in total. The number of halogens is 1. The summed E-state index contributed by atoms with van der Waals surface area (Å²) >= 11 is 1.56. The van der Waals surface area contributed by atoms with Crippen molar-refractivity contribution in [3.05, 3.63) is 40.2 Å². The summed E-state index contributed by atoms with van der Waals surface area (Å²) in [5.74, 6) is -0.540. The van der Waals surface area contributed by atoms with E-state index in [-0.39, 0.29) is 11.7 Å². The van der Waals surface area contributed by atoms with Gasteiger partial charge in [0.25, 0.3) is 0 Å². The number of hydrogen-bond donors (Lipinski definition) is 2. The predicted octanol–water partition coefficient (Wildman–Crippen LogP) is 2.91. The zero-order chi connectivity index (χ0) is 14.5. The monoisotopic (exact) mass is 294 g/mol. The van der Waals surface area contributed by atoms with Crippen LogP contribution < -0.4 is 10.6 Å².